The first-order valence-electron chi connectivity index (χ1n) is 7.01. The van der Waals surface area contributed by atoms with Gasteiger partial charge in [0.1, 0.15) is 17.2 Å². The number of nitrogens with one attached hydrogen (secondary N) is 1. The molecule has 6 nitrogen and oxygen atoms in total. The van der Waals surface area contributed by atoms with E-state index in [-0.39, 0.29) is 5.75 Å². The van der Waals surface area contributed by atoms with Crippen molar-refractivity contribution in [3.05, 3.63) is 52.5 Å². The molecule has 1 amide bonds. The molecule has 126 valence electrons. The van der Waals surface area contributed by atoms with E-state index >= 15 is 0 Å². The highest BCUT2D eigenvalue weighted by molar-refractivity contribution is 6.30. The van der Waals surface area contributed by atoms with E-state index in [1.165, 1.54) is 20.3 Å². The minimum absolute atomic E-state index is 0.0619. The molecule has 2 N–H and O–H groups in total. The van der Waals surface area contributed by atoms with Gasteiger partial charge in [0, 0.05) is 22.7 Å². The number of nitrogens with zero attached hydrogens (tertiary/aromatic N) is 1. The molecular weight excluding hydrogens is 332 g/mol. The van der Waals surface area contributed by atoms with Crippen molar-refractivity contribution in [1.82, 2.24) is 5.43 Å². The molecule has 0 saturated carbocycles. The van der Waals surface area contributed by atoms with E-state index < -0.39 is 5.91 Å². The van der Waals surface area contributed by atoms with E-state index in [0.29, 0.717) is 33.4 Å². The van der Waals surface area contributed by atoms with Gasteiger partial charge in [-0.05, 0) is 31.2 Å². The molecule has 0 aliphatic rings. The number of ether oxygens (including phenoxy) is 2. The van der Waals surface area contributed by atoms with Crippen LogP contribution in [0.25, 0.3) is 0 Å². The molecule has 0 radical (unpaired) electrons. The molecular formula is C17H17ClN2O4. The van der Waals surface area contributed by atoms with Gasteiger partial charge in [0.15, 0.2) is 0 Å². The van der Waals surface area contributed by atoms with Crippen molar-refractivity contribution in [2.75, 3.05) is 14.2 Å². The first-order chi connectivity index (χ1) is 11.5. The summed E-state index contributed by atoms with van der Waals surface area (Å²) in [5.74, 6) is 0.381. The molecule has 0 fully saturated rings. The number of hydrazone groups is 1. The van der Waals surface area contributed by atoms with E-state index in [1.807, 2.05) is 0 Å². The van der Waals surface area contributed by atoms with Gasteiger partial charge in [-0.25, -0.2) is 5.43 Å². The standard InChI is InChI=1S/C17H17ClN2O4/c1-10(16-14(21)8-13(23-2)9-15(16)24-3)19-20-17(22)11-4-6-12(18)7-5-11/h4-9,21H,1-3H3,(H,20,22)/b19-10+. The lowest BCUT2D eigenvalue weighted by molar-refractivity contribution is 0.0955. The van der Waals surface area contributed by atoms with Crippen LogP contribution in [0.15, 0.2) is 41.5 Å². The highest BCUT2D eigenvalue weighted by atomic mass is 35.5. The average molecular weight is 349 g/mol. The second kappa shape index (κ2) is 7.70. The van der Waals surface area contributed by atoms with Crippen LogP contribution >= 0.6 is 11.6 Å². The van der Waals surface area contributed by atoms with Crippen molar-refractivity contribution >= 4 is 23.2 Å². The first kappa shape index (κ1) is 17.6. The number of aromatic hydroxyl groups is 1. The molecule has 0 spiro atoms. The van der Waals surface area contributed by atoms with Crippen LogP contribution in [-0.2, 0) is 0 Å². The lowest BCUT2D eigenvalue weighted by atomic mass is 10.1. The summed E-state index contributed by atoms with van der Waals surface area (Å²) >= 11 is 5.79. The van der Waals surface area contributed by atoms with Crippen LogP contribution in [0.1, 0.15) is 22.8 Å². The Morgan fingerprint density at radius 3 is 2.42 bits per heavy atom. The van der Waals surface area contributed by atoms with Crippen LogP contribution in [0.2, 0.25) is 5.02 Å². The van der Waals surface area contributed by atoms with E-state index in [9.17, 15) is 9.90 Å². The molecule has 7 heteroatoms. The van der Waals surface area contributed by atoms with E-state index in [2.05, 4.69) is 10.5 Å². The highest BCUT2D eigenvalue weighted by Gasteiger charge is 2.15. The number of hydrogen-bond donors (Lipinski definition) is 2. The van der Waals surface area contributed by atoms with E-state index in [1.54, 1.807) is 37.3 Å². The Labute approximate surface area is 144 Å². The van der Waals surface area contributed by atoms with Crippen LogP contribution in [0.4, 0.5) is 0 Å². The third kappa shape index (κ3) is 3.97. The maximum Gasteiger partial charge on any atom is 0.271 e. The lowest BCUT2D eigenvalue weighted by Crippen LogP contribution is -2.19. The quantitative estimate of drug-likeness (QED) is 0.642. The third-order valence-electron chi connectivity index (χ3n) is 3.30. The zero-order chi connectivity index (χ0) is 17.7. The molecule has 0 heterocycles. The number of amides is 1. The number of carbonyl (C=O) groups is 1. The van der Waals surface area contributed by atoms with Crippen LogP contribution in [0.5, 0.6) is 17.2 Å². The van der Waals surface area contributed by atoms with Crippen molar-refractivity contribution in [3.63, 3.8) is 0 Å². The number of phenolic OH excluding ortho intramolecular Hbond substituents is 1. The van der Waals surface area contributed by atoms with Gasteiger partial charge in [0.2, 0.25) is 0 Å². The predicted octanol–water partition coefficient (Wildman–Crippen LogP) is 3.22. The van der Waals surface area contributed by atoms with Crippen molar-refractivity contribution in [2.45, 2.75) is 6.92 Å². The highest BCUT2D eigenvalue weighted by Crippen LogP contribution is 2.33. The van der Waals surface area contributed by atoms with Crippen LogP contribution in [0.3, 0.4) is 0 Å². The molecule has 0 atom stereocenters. The molecule has 0 aliphatic heterocycles. The number of carbonyl (C=O) groups excluding carboxylic acids is 1. The number of methoxy groups -OCH3 is 2. The molecule has 0 bridgehead atoms. The summed E-state index contributed by atoms with van der Waals surface area (Å²) in [7, 11) is 2.96. The minimum atomic E-state index is -0.391. The number of phenols is 1. The summed E-state index contributed by atoms with van der Waals surface area (Å²) in [6.07, 6.45) is 0. The summed E-state index contributed by atoms with van der Waals surface area (Å²) in [6, 6.07) is 9.48. The van der Waals surface area contributed by atoms with Crippen LogP contribution < -0.4 is 14.9 Å². The van der Waals surface area contributed by atoms with Gasteiger partial charge in [-0.2, -0.15) is 5.10 Å². The molecule has 0 unspecified atom stereocenters. The second-order valence-corrected chi connectivity index (χ2v) is 5.31. The summed E-state index contributed by atoms with van der Waals surface area (Å²) in [4.78, 5) is 12.1. The normalized spacial score (nSPS) is 11.1. The SMILES string of the molecule is COc1cc(O)c(/C(C)=N/NC(=O)c2ccc(Cl)cc2)c(OC)c1. The molecule has 0 aromatic heterocycles. The third-order valence-corrected chi connectivity index (χ3v) is 3.56. The fourth-order valence-electron chi connectivity index (χ4n) is 2.08. The van der Waals surface area contributed by atoms with Gasteiger partial charge in [0.25, 0.3) is 5.91 Å². The van der Waals surface area contributed by atoms with E-state index in [4.69, 9.17) is 21.1 Å². The van der Waals surface area contributed by atoms with Gasteiger partial charge in [-0.15, -0.1) is 0 Å². The topological polar surface area (TPSA) is 80.2 Å². The monoisotopic (exact) mass is 348 g/mol. The fourth-order valence-corrected chi connectivity index (χ4v) is 2.20. The van der Waals surface area contributed by atoms with Gasteiger partial charge < -0.3 is 14.6 Å². The van der Waals surface area contributed by atoms with Gasteiger partial charge >= 0.3 is 0 Å². The molecule has 2 rings (SSSR count). The van der Waals surface area contributed by atoms with Crippen molar-refractivity contribution in [2.24, 2.45) is 5.10 Å². The summed E-state index contributed by atoms with van der Waals surface area (Å²) in [5, 5.41) is 14.7. The summed E-state index contributed by atoms with van der Waals surface area (Å²) < 4.78 is 10.3. The maximum absolute atomic E-state index is 12.1. The maximum atomic E-state index is 12.1. The number of benzene rings is 2. The molecule has 2 aromatic rings. The summed E-state index contributed by atoms with van der Waals surface area (Å²) in [5.41, 5.74) is 3.60. The fraction of sp³-hybridized carbons (Fsp3) is 0.176. The van der Waals surface area contributed by atoms with Crippen molar-refractivity contribution < 1.29 is 19.4 Å². The number of hydrogen-bond acceptors (Lipinski definition) is 5. The lowest BCUT2D eigenvalue weighted by Gasteiger charge is -2.12. The van der Waals surface area contributed by atoms with Crippen molar-refractivity contribution in [1.29, 1.82) is 0 Å². The Balaban J connectivity index is 2.24. The van der Waals surface area contributed by atoms with Crippen molar-refractivity contribution in [3.8, 4) is 17.2 Å². The summed E-state index contributed by atoms with van der Waals surface area (Å²) in [6.45, 7) is 1.65. The Bertz CT molecular complexity index is 773. The Morgan fingerprint density at radius 2 is 1.83 bits per heavy atom. The molecule has 2 aromatic carbocycles. The smallest absolute Gasteiger partial charge is 0.271 e. The van der Waals surface area contributed by atoms with E-state index in [0.717, 1.165) is 0 Å². The van der Waals surface area contributed by atoms with Crippen LogP contribution in [-0.4, -0.2) is 30.9 Å². The van der Waals surface area contributed by atoms with Gasteiger partial charge in [-0.1, -0.05) is 11.6 Å². The number of halogens is 1. The van der Waals surface area contributed by atoms with Crippen LogP contribution in [0, 0.1) is 0 Å². The minimum Gasteiger partial charge on any atom is -0.507 e. The van der Waals surface area contributed by atoms with Gasteiger partial charge in [-0.3, -0.25) is 4.79 Å². The first-order valence-corrected chi connectivity index (χ1v) is 7.39. The van der Waals surface area contributed by atoms with Gasteiger partial charge in [0.05, 0.1) is 25.5 Å². The number of rotatable bonds is 5. The second-order valence-electron chi connectivity index (χ2n) is 4.87. The zero-order valence-electron chi connectivity index (χ0n) is 13.5. The Kier molecular flexibility index (Phi) is 5.65. The molecule has 0 saturated heterocycles. The zero-order valence-corrected chi connectivity index (χ0v) is 14.2. The molecule has 0 aliphatic carbocycles. The largest absolute Gasteiger partial charge is 0.507 e. The Hall–Kier alpha value is -2.73. The Morgan fingerprint density at radius 1 is 1.17 bits per heavy atom. The predicted molar refractivity (Wildman–Crippen MR) is 92.3 cm³/mol. The molecule has 24 heavy (non-hydrogen) atoms. The average Bonchev–Trinajstić information content (AvgIpc) is 2.59.